The first-order valence-corrected chi connectivity index (χ1v) is 14.0. The molecule has 5 rings (SSSR count). The Morgan fingerprint density at radius 1 is 1.08 bits per heavy atom. The smallest absolute Gasteiger partial charge is 0.336 e. The van der Waals surface area contributed by atoms with Crippen LogP contribution < -0.4 is 0 Å². The second-order valence-electron chi connectivity index (χ2n) is 13.9. The second-order valence-corrected chi connectivity index (χ2v) is 13.9. The first-order chi connectivity index (χ1) is 17.1. The molecule has 0 aromatic carbocycles. The van der Waals surface area contributed by atoms with Gasteiger partial charge in [-0.2, -0.15) is 5.06 Å². The molecule has 0 aromatic rings. The summed E-state index contributed by atoms with van der Waals surface area (Å²) in [6, 6.07) is 0. The van der Waals surface area contributed by atoms with Crippen molar-refractivity contribution in [3.63, 3.8) is 0 Å². The number of ketones is 2. The van der Waals surface area contributed by atoms with Crippen LogP contribution in [-0.2, 0) is 19.1 Å². The van der Waals surface area contributed by atoms with Crippen LogP contribution in [0.25, 0.3) is 0 Å². The lowest BCUT2D eigenvalue weighted by Crippen LogP contribution is -2.57. The van der Waals surface area contributed by atoms with Gasteiger partial charge in [0.05, 0.1) is 22.8 Å². The molecule has 37 heavy (non-hydrogen) atoms. The average Bonchev–Trinajstić information content (AvgIpc) is 3.24. The monoisotopic (exact) mass is 513 g/mol. The van der Waals surface area contributed by atoms with Crippen LogP contribution in [0.4, 0.5) is 0 Å². The topological polar surface area (TPSA) is 104 Å². The van der Waals surface area contributed by atoms with Gasteiger partial charge in [0.15, 0.2) is 18.2 Å². The Bertz CT molecular complexity index is 1090. The number of hydroxylamine groups is 2. The van der Waals surface area contributed by atoms with Gasteiger partial charge in [0.1, 0.15) is 0 Å². The highest BCUT2D eigenvalue weighted by atomic mass is 16.5. The molecule has 3 fully saturated rings. The predicted octanol–water partition coefficient (Wildman–Crippen LogP) is 4.41. The fourth-order valence-corrected chi connectivity index (χ4v) is 9.27. The van der Waals surface area contributed by atoms with Gasteiger partial charge in [0.2, 0.25) is 0 Å². The van der Waals surface area contributed by atoms with Crippen LogP contribution in [0.15, 0.2) is 23.3 Å². The zero-order valence-corrected chi connectivity index (χ0v) is 23.2. The lowest BCUT2D eigenvalue weighted by Gasteiger charge is -2.59. The predicted molar refractivity (Wildman–Crippen MR) is 137 cm³/mol. The van der Waals surface area contributed by atoms with Gasteiger partial charge in [-0.15, -0.1) is 0 Å². The third-order valence-electron chi connectivity index (χ3n) is 11.1. The van der Waals surface area contributed by atoms with Gasteiger partial charge in [-0.05, 0) is 101 Å². The maximum absolute atomic E-state index is 13.5. The molecule has 1 aliphatic heterocycles. The molecule has 5 aliphatic rings. The molecule has 0 bridgehead atoms. The molecule has 4 aliphatic carbocycles. The van der Waals surface area contributed by atoms with E-state index in [1.54, 1.807) is 19.9 Å². The normalized spacial score (nSPS) is 42.3. The highest BCUT2D eigenvalue weighted by molar-refractivity contribution is 5.94. The summed E-state index contributed by atoms with van der Waals surface area (Å²) in [6.45, 7) is 11.2. The third kappa shape index (κ3) is 3.90. The number of rotatable bonds is 4. The van der Waals surface area contributed by atoms with E-state index in [1.807, 2.05) is 19.9 Å². The molecule has 0 spiro atoms. The number of ether oxygens (including phenoxy) is 1. The Morgan fingerprint density at radius 3 is 2.43 bits per heavy atom. The zero-order chi connectivity index (χ0) is 27.1. The number of fused-ring (bicyclic) bond motifs is 5. The summed E-state index contributed by atoms with van der Waals surface area (Å²) in [4.78, 5) is 38.5. The van der Waals surface area contributed by atoms with Crippen molar-refractivity contribution in [3.8, 4) is 0 Å². The molecule has 7 heteroatoms. The summed E-state index contributed by atoms with van der Waals surface area (Å²) in [6.07, 6.45) is 8.45. The van der Waals surface area contributed by atoms with Crippen molar-refractivity contribution in [1.29, 1.82) is 0 Å². The van der Waals surface area contributed by atoms with Gasteiger partial charge < -0.3 is 15.1 Å². The van der Waals surface area contributed by atoms with E-state index >= 15 is 0 Å². The molecule has 0 radical (unpaired) electrons. The number of hydrogen-bond donors (Lipinski definition) is 2. The Kier molecular flexibility index (Phi) is 6.21. The largest absolute Gasteiger partial charge is 0.454 e. The summed E-state index contributed by atoms with van der Waals surface area (Å²) < 4.78 is 5.54. The van der Waals surface area contributed by atoms with Crippen LogP contribution in [0.3, 0.4) is 0 Å². The van der Waals surface area contributed by atoms with Crippen LogP contribution in [0.5, 0.6) is 0 Å². The summed E-state index contributed by atoms with van der Waals surface area (Å²) in [5.41, 5.74) is -0.540. The molecule has 0 amide bonds. The Labute approximate surface area is 220 Å². The molecule has 0 saturated heterocycles. The van der Waals surface area contributed by atoms with Crippen LogP contribution >= 0.6 is 0 Å². The lowest BCUT2D eigenvalue weighted by molar-refractivity contribution is -0.187. The first kappa shape index (κ1) is 26.8. The highest BCUT2D eigenvalue weighted by Gasteiger charge is 2.63. The number of aliphatic hydroxyl groups excluding tert-OH is 1. The molecule has 1 heterocycles. The number of Topliss-reactive ketones (excluding diaryl/α,β-unsaturated/α-hetero) is 1. The van der Waals surface area contributed by atoms with Crippen molar-refractivity contribution in [2.24, 2.45) is 34.5 Å². The molecule has 204 valence electrons. The Hall–Kier alpha value is -1.83. The van der Waals surface area contributed by atoms with Crippen molar-refractivity contribution in [2.75, 3.05) is 6.61 Å². The van der Waals surface area contributed by atoms with E-state index in [0.29, 0.717) is 30.3 Å². The molecule has 3 saturated carbocycles. The standard InChI is InChI=1S/C30H43NO6/c1-27(2)14-22(28(3,4)31(27)36)26(35)37-16-24(34)21-10-9-20-19-8-7-17-13-18(32)11-12-29(17,5)25(19)23(33)15-30(20,21)6/h13-14,19-21,23,25,33,36H,7-12,15-16H2,1-6H3/t19-,20-,21+,23-,25+,29-,30-/m0/s1. The van der Waals surface area contributed by atoms with E-state index in [2.05, 4.69) is 13.8 Å². The maximum Gasteiger partial charge on any atom is 0.336 e. The van der Waals surface area contributed by atoms with E-state index in [9.17, 15) is 24.7 Å². The minimum Gasteiger partial charge on any atom is -0.454 e. The molecule has 7 atom stereocenters. The second kappa shape index (κ2) is 8.59. The number of carbonyl (C=O) groups is 3. The van der Waals surface area contributed by atoms with E-state index in [1.165, 1.54) is 5.57 Å². The van der Waals surface area contributed by atoms with Crippen molar-refractivity contribution in [3.05, 3.63) is 23.3 Å². The van der Waals surface area contributed by atoms with Gasteiger partial charge in [-0.25, -0.2) is 4.79 Å². The molecular formula is C30H43NO6. The van der Waals surface area contributed by atoms with E-state index < -0.39 is 23.2 Å². The summed E-state index contributed by atoms with van der Waals surface area (Å²) in [5.74, 6) is 0.0772. The van der Waals surface area contributed by atoms with Crippen LogP contribution in [-0.4, -0.2) is 56.7 Å². The van der Waals surface area contributed by atoms with Gasteiger partial charge in [0, 0.05) is 12.3 Å². The molecule has 7 nitrogen and oxygen atoms in total. The van der Waals surface area contributed by atoms with Crippen LogP contribution in [0.1, 0.15) is 86.5 Å². The lowest BCUT2D eigenvalue weighted by atomic mass is 9.46. The third-order valence-corrected chi connectivity index (χ3v) is 11.1. The van der Waals surface area contributed by atoms with E-state index in [-0.39, 0.29) is 40.8 Å². The molecule has 0 aromatic heterocycles. The number of hydrogen-bond acceptors (Lipinski definition) is 7. The number of aliphatic hydroxyl groups is 1. The number of nitrogens with zero attached hydrogens (tertiary/aromatic N) is 1. The maximum atomic E-state index is 13.5. The van der Waals surface area contributed by atoms with Crippen molar-refractivity contribution in [1.82, 2.24) is 5.06 Å². The van der Waals surface area contributed by atoms with Gasteiger partial charge >= 0.3 is 5.97 Å². The quantitative estimate of drug-likeness (QED) is 0.537. The summed E-state index contributed by atoms with van der Waals surface area (Å²) >= 11 is 0. The summed E-state index contributed by atoms with van der Waals surface area (Å²) in [7, 11) is 0. The Balaban J connectivity index is 1.30. The minimum atomic E-state index is -0.912. The van der Waals surface area contributed by atoms with Gasteiger partial charge in [0.25, 0.3) is 0 Å². The summed E-state index contributed by atoms with van der Waals surface area (Å²) in [5, 5.41) is 23.2. The minimum absolute atomic E-state index is 0.0774. The number of carbonyl (C=O) groups excluding carboxylic acids is 3. The van der Waals surface area contributed by atoms with Crippen LogP contribution in [0, 0.1) is 34.5 Å². The average molecular weight is 514 g/mol. The van der Waals surface area contributed by atoms with Crippen molar-refractivity contribution < 1.29 is 29.4 Å². The zero-order valence-electron chi connectivity index (χ0n) is 23.2. The molecular weight excluding hydrogens is 470 g/mol. The fraction of sp³-hybridized carbons (Fsp3) is 0.767. The van der Waals surface area contributed by atoms with E-state index in [4.69, 9.17) is 4.74 Å². The van der Waals surface area contributed by atoms with Crippen molar-refractivity contribution in [2.45, 2.75) is 104 Å². The van der Waals surface area contributed by atoms with Crippen molar-refractivity contribution >= 4 is 17.5 Å². The molecule has 2 N–H and O–H groups in total. The number of allylic oxidation sites excluding steroid dienone is 1. The van der Waals surface area contributed by atoms with Crippen LogP contribution in [0.2, 0.25) is 0 Å². The van der Waals surface area contributed by atoms with E-state index in [0.717, 1.165) is 37.2 Å². The highest BCUT2D eigenvalue weighted by Crippen LogP contribution is 2.66. The SMILES string of the molecule is CC1(C)C=C(C(=O)OCC(=O)[C@H]2CC[C@H]3[C@@H]4CCC5=CC(=O)CC[C@]5(C)[C@H]4[C@@H](O)C[C@]23C)C(C)(C)N1O. The molecule has 0 unspecified atom stereocenters. The number of esters is 1. The van der Waals surface area contributed by atoms with Gasteiger partial charge in [-0.3, -0.25) is 9.59 Å². The first-order valence-electron chi connectivity index (χ1n) is 14.0. The fourth-order valence-electron chi connectivity index (χ4n) is 9.27. The van der Waals surface area contributed by atoms with Gasteiger partial charge in [-0.1, -0.05) is 25.5 Å². The Morgan fingerprint density at radius 2 is 1.78 bits per heavy atom.